The van der Waals surface area contributed by atoms with Gasteiger partial charge < -0.3 is 10.2 Å². The number of fused-ring (bicyclic) bond motifs is 3. The Morgan fingerprint density at radius 2 is 1.76 bits per heavy atom. The van der Waals surface area contributed by atoms with Gasteiger partial charge >= 0.3 is 11.9 Å². The van der Waals surface area contributed by atoms with E-state index in [4.69, 9.17) is 10.2 Å². The molecule has 0 atom stereocenters. The molecular formula is C17H12O4. The van der Waals surface area contributed by atoms with Gasteiger partial charge in [0.25, 0.3) is 0 Å². The van der Waals surface area contributed by atoms with Crippen LogP contribution in [0.4, 0.5) is 0 Å². The zero-order valence-electron chi connectivity index (χ0n) is 11.3. The molecule has 3 rings (SSSR count). The number of aromatic carboxylic acids is 1. The Hall–Kier alpha value is -2.88. The fourth-order valence-corrected chi connectivity index (χ4v) is 2.79. The third-order valence-electron chi connectivity index (χ3n) is 3.66. The number of hydrogen-bond acceptors (Lipinski definition) is 2. The minimum absolute atomic E-state index is 0.149. The standard InChI is InChI=1S/C17H12O4/c1-9-3-2-4-11-14(8-15(18)19)13-7-10(17(20)21)5-6-12(13)16(9)11/h2-8H,1H3,(H,18,19)(H,20,21)/b14-8+. The van der Waals surface area contributed by atoms with E-state index < -0.39 is 11.9 Å². The Morgan fingerprint density at radius 3 is 2.43 bits per heavy atom. The van der Waals surface area contributed by atoms with E-state index in [-0.39, 0.29) is 5.56 Å². The number of rotatable bonds is 2. The molecule has 0 aromatic heterocycles. The Bertz CT molecular complexity index is 816. The van der Waals surface area contributed by atoms with Crippen LogP contribution in [0.2, 0.25) is 0 Å². The molecule has 0 radical (unpaired) electrons. The summed E-state index contributed by atoms with van der Waals surface area (Å²) in [6.45, 7) is 1.96. The molecule has 2 aromatic rings. The lowest BCUT2D eigenvalue weighted by Gasteiger charge is -2.04. The molecule has 1 aliphatic rings. The van der Waals surface area contributed by atoms with Gasteiger partial charge in [-0.1, -0.05) is 24.3 Å². The number of aliphatic carboxylic acids is 1. The van der Waals surface area contributed by atoms with Crippen molar-refractivity contribution in [1.29, 1.82) is 0 Å². The Labute approximate surface area is 121 Å². The van der Waals surface area contributed by atoms with E-state index in [1.807, 2.05) is 25.1 Å². The van der Waals surface area contributed by atoms with E-state index in [0.29, 0.717) is 11.1 Å². The summed E-state index contributed by atoms with van der Waals surface area (Å²) in [5.74, 6) is -2.08. The van der Waals surface area contributed by atoms with Crippen molar-refractivity contribution in [1.82, 2.24) is 0 Å². The first-order chi connectivity index (χ1) is 9.99. The summed E-state index contributed by atoms with van der Waals surface area (Å²) in [6, 6.07) is 10.5. The van der Waals surface area contributed by atoms with E-state index >= 15 is 0 Å². The molecule has 0 heterocycles. The normalized spacial score (nSPS) is 13.9. The van der Waals surface area contributed by atoms with Crippen molar-refractivity contribution in [2.24, 2.45) is 0 Å². The fraction of sp³-hybridized carbons (Fsp3) is 0.0588. The monoisotopic (exact) mass is 280 g/mol. The maximum absolute atomic E-state index is 11.1. The predicted molar refractivity (Wildman–Crippen MR) is 78.3 cm³/mol. The number of carboxylic acid groups (broad SMARTS) is 2. The highest BCUT2D eigenvalue weighted by Gasteiger charge is 2.26. The summed E-state index contributed by atoms with van der Waals surface area (Å²) in [6.07, 6.45) is 1.13. The van der Waals surface area contributed by atoms with Crippen LogP contribution in [-0.2, 0) is 4.79 Å². The predicted octanol–water partition coefficient (Wildman–Crippen LogP) is 3.19. The third kappa shape index (κ3) is 2.01. The molecule has 21 heavy (non-hydrogen) atoms. The molecule has 104 valence electrons. The highest BCUT2D eigenvalue weighted by atomic mass is 16.4. The van der Waals surface area contributed by atoms with Crippen LogP contribution < -0.4 is 0 Å². The highest BCUT2D eigenvalue weighted by Crippen LogP contribution is 2.45. The second-order valence-corrected chi connectivity index (χ2v) is 4.96. The lowest BCUT2D eigenvalue weighted by atomic mass is 10.00. The van der Waals surface area contributed by atoms with Gasteiger partial charge in [-0.2, -0.15) is 0 Å². The largest absolute Gasteiger partial charge is 0.478 e. The third-order valence-corrected chi connectivity index (χ3v) is 3.66. The van der Waals surface area contributed by atoms with Gasteiger partial charge in [-0.05, 0) is 52.4 Å². The minimum Gasteiger partial charge on any atom is -0.478 e. The molecule has 0 saturated carbocycles. The van der Waals surface area contributed by atoms with Gasteiger partial charge in [0.15, 0.2) is 0 Å². The second-order valence-electron chi connectivity index (χ2n) is 4.96. The van der Waals surface area contributed by atoms with Crippen molar-refractivity contribution in [3.63, 3.8) is 0 Å². The van der Waals surface area contributed by atoms with Crippen LogP contribution in [0.3, 0.4) is 0 Å². The molecule has 2 aromatic carbocycles. The van der Waals surface area contributed by atoms with Crippen LogP contribution in [-0.4, -0.2) is 22.2 Å². The lowest BCUT2D eigenvalue weighted by molar-refractivity contribution is -0.131. The smallest absolute Gasteiger partial charge is 0.335 e. The molecule has 0 aliphatic heterocycles. The molecular weight excluding hydrogens is 268 g/mol. The number of hydrogen-bond donors (Lipinski definition) is 2. The summed E-state index contributed by atoms with van der Waals surface area (Å²) < 4.78 is 0. The van der Waals surface area contributed by atoms with E-state index in [9.17, 15) is 9.59 Å². The van der Waals surface area contributed by atoms with Gasteiger partial charge in [0, 0.05) is 6.08 Å². The molecule has 4 nitrogen and oxygen atoms in total. The molecule has 0 bridgehead atoms. The van der Waals surface area contributed by atoms with Gasteiger partial charge in [0.2, 0.25) is 0 Å². The number of benzene rings is 2. The topological polar surface area (TPSA) is 74.6 Å². The van der Waals surface area contributed by atoms with E-state index in [1.54, 1.807) is 12.1 Å². The average molecular weight is 280 g/mol. The molecule has 0 unspecified atom stereocenters. The van der Waals surface area contributed by atoms with Gasteiger partial charge in [0.05, 0.1) is 5.56 Å². The summed E-state index contributed by atoms with van der Waals surface area (Å²) in [5, 5.41) is 18.2. The van der Waals surface area contributed by atoms with Crippen LogP contribution in [0, 0.1) is 6.92 Å². The zero-order valence-corrected chi connectivity index (χ0v) is 11.3. The number of carboxylic acids is 2. The minimum atomic E-state index is -1.05. The molecule has 4 heteroatoms. The van der Waals surface area contributed by atoms with Gasteiger partial charge in [-0.25, -0.2) is 9.59 Å². The maximum atomic E-state index is 11.1. The second kappa shape index (κ2) is 4.59. The summed E-state index contributed by atoms with van der Waals surface area (Å²) in [7, 11) is 0. The van der Waals surface area contributed by atoms with E-state index in [2.05, 4.69) is 0 Å². The van der Waals surface area contributed by atoms with Crippen molar-refractivity contribution in [2.45, 2.75) is 6.92 Å². The van der Waals surface area contributed by atoms with Crippen LogP contribution in [0.25, 0.3) is 16.7 Å². The van der Waals surface area contributed by atoms with Crippen LogP contribution in [0.5, 0.6) is 0 Å². The molecule has 0 amide bonds. The van der Waals surface area contributed by atoms with Crippen LogP contribution in [0.1, 0.15) is 27.0 Å². The molecule has 1 aliphatic carbocycles. The Morgan fingerprint density at radius 1 is 1.00 bits per heavy atom. The van der Waals surface area contributed by atoms with Gasteiger partial charge in [-0.15, -0.1) is 0 Å². The number of carbonyl (C=O) groups is 2. The van der Waals surface area contributed by atoms with E-state index in [0.717, 1.165) is 28.3 Å². The highest BCUT2D eigenvalue weighted by molar-refractivity contribution is 6.08. The summed E-state index contributed by atoms with van der Waals surface area (Å²) >= 11 is 0. The quantitative estimate of drug-likeness (QED) is 0.707. The van der Waals surface area contributed by atoms with Crippen molar-refractivity contribution in [2.75, 3.05) is 0 Å². The van der Waals surface area contributed by atoms with Gasteiger partial charge in [0.1, 0.15) is 0 Å². The van der Waals surface area contributed by atoms with Crippen LogP contribution in [0.15, 0.2) is 42.5 Å². The lowest BCUT2D eigenvalue weighted by Crippen LogP contribution is -1.97. The first kappa shape index (κ1) is 13.1. The molecule has 2 N–H and O–H groups in total. The first-order valence-electron chi connectivity index (χ1n) is 6.41. The molecule has 0 saturated heterocycles. The number of aryl methyl sites for hydroxylation is 1. The first-order valence-corrected chi connectivity index (χ1v) is 6.41. The van der Waals surface area contributed by atoms with Crippen LogP contribution >= 0.6 is 0 Å². The summed E-state index contributed by atoms with van der Waals surface area (Å²) in [5.41, 5.74) is 5.06. The molecule has 0 fully saturated rings. The zero-order chi connectivity index (χ0) is 15.1. The maximum Gasteiger partial charge on any atom is 0.335 e. The average Bonchev–Trinajstić information content (AvgIpc) is 2.73. The fourth-order valence-electron chi connectivity index (χ4n) is 2.79. The SMILES string of the molecule is Cc1cccc2c1-c1ccc(C(=O)O)cc1/C2=C/C(=O)O. The van der Waals surface area contributed by atoms with Gasteiger partial charge in [-0.3, -0.25) is 0 Å². The Kier molecular flexibility index (Phi) is 2.87. The van der Waals surface area contributed by atoms with Crippen molar-refractivity contribution < 1.29 is 19.8 Å². The summed E-state index contributed by atoms with van der Waals surface area (Å²) in [4.78, 5) is 22.2. The molecule has 0 spiro atoms. The van der Waals surface area contributed by atoms with Crippen molar-refractivity contribution in [3.8, 4) is 11.1 Å². The Balaban J connectivity index is 2.35. The van der Waals surface area contributed by atoms with E-state index in [1.165, 1.54) is 6.07 Å². The van der Waals surface area contributed by atoms with Crippen molar-refractivity contribution in [3.05, 3.63) is 64.7 Å². The van der Waals surface area contributed by atoms with Crippen molar-refractivity contribution >= 4 is 17.5 Å².